The van der Waals surface area contributed by atoms with Crippen molar-refractivity contribution < 1.29 is 0 Å². The molecule has 0 fully saturated rings. The summed E-state index contributed by atoms with van der Waals surface area (Å²) >= 11 is 16.8. The Labute approximate surface area is 90.8 Å². The van der Waals surface area contributed by atoms with Crippen molar-refractivity contribution in [1.82, 2.24) is 0 Å². The third-order valence-corrected chi connectivity index (χ3v) is 6.65. The van der Waals surface area contributed by atoms with Gasteiger partial charge in [-0.05, 0) is 0 Å². The Hall–Kier alpha value is 2.40. The SMILES string of the molecule is BrC(Br)C(Br)C(Br)Br. The molecule has 50 valence electrons. The second-order valence-corrected chi connectivity index (χ2v) is 8.57. The van der Waals surface area contributed by atoms with E-state index in [1.54, 1.807) is 0 Å². The summed E-state index contributed by atoms with van der Waals surface area (Å²) in [5.74, 6) is 0. The molecule has 0 aromatic rings. The number of hydrogen-bond donors (Lipinski definition) is 0. The fourth-order valence-corrected chi connectivity index (χ4v) is 2.97. The van der Waals surface area contributed by atoms with Crippen molar-refractivity contribution in [3.05, 3.63) is 0 Å². The minimum atomic E-state index is 0.291. The van der Waals surface area contributed by atoms with E-state index in [1.807, 2.05) is 0 Å². The molecule has 0 N–H and O–H groups in total. The standard InChI is InChI=1S/C3H3Br5/c4-1(2(5)6)3(7)8/h1-3H. The van der Waals surface area contributed by atoms with Crippen molar-refractivity contribution in [3.8, 4) is 0 Å². The number of alkyl halides is 5. The zero-order chi connectivity index (χ0) is 6.73. The number of rotatable bonds is 2. The average molecular weight is 439 g/mol. The van der Waals surface area contributed by atoms with Crippen LogP contribution in [0.25, 0.3) is 0 Å². The van der Waals surface area contributed by atoms with Gasteiger partial charge < -0.3 is 0 Å². The molecule has 0 amide bonds. The minimum Gasteiger partial charge on any atom is -0.0848 e. The van der Waals surface area contributed by atoms with Crippen LogP contribution in [0.1, 0.15) is 0 Å². The van der Waals surface area contributed by atoms with E-state index in [0.29, 0.717) is 12.3 Å². The second kappa shape index (κ2) is 5.10. The Morgan fingerprint density at radius 3 is 0.875 bits per heavy atom. The van der Waals surface area contributed by atoms with Gasteiger partial charge in [0.15, 0.2) is 0 Å². The maximum absolute atomic E-state index is 3.42. The second-order valence-electron chi connectivity index (χ2n) is 1.11. The summed E-state index contributed by atoms with van der Waals surface area (Å²) in [6.07, 6.45) is 0. The first kappa shape index (κ1) is 10.4. The summed E-state index contributed by atoms with van der Waals surface area (Å²) in [5, 5.41) is 0. The van der Waals surface area contributed by atoms with Crippen LogP contribution >= 0.6 is 79.6 Å². The number of halogens is 5. The predicted molar refractivity (Wildman–Crippen MR) is 56.0 cm³/mol. The molecule has 0 atom stereocenters. The maximum atomic E-state index is 3.42. The van der Waals surface area contributed by atoms with Crippen LogP contribution in [0.15, 0.2) is 0 Å². The molecule has 5 heteroatoms. The van der Waals surface area contributed by atoms with E-state index in [4.69, 9.17) is 0 Å². The molecule has 0 aromatic carbocycles. The van der Waals surface area contributed by atoms with Crippen LogP contribution in [0.2, 0.25) is 0 Å². The molecule has 0 nitrogen and oxygen atoms in total. The summed E-state index contributed by atoms with van der Waals surface area (Å²) in [6, 6.07) is 0. The smallest absolute Gasteiger partial charge is 0.0841 e. The first-order valence-electron chi connectivity index (χ1n) is 1.76. The fourth-order valence-electron chi connectivity index (χ4n) is 0.110. The van der Waals surface area contributed by atoms with E-state index in [2.05, 4.69) is 79.6 Å². The molecule has 0 unspecified atom stereocenters. The van der Waals surface area contributed by atoms with Gasteiger partial charge in [0.2, 0.25) is 0 Å². The molecular weight excluding hydrogens is 436 g/mol. The van der Waals surface area contributed by atoms with Gasteiger partial charge in [0.25, 0.3) is 0 Å². The van der Waals surface area contributed by atoms with Gasteiger partial charge in [-0.25, -0.2) is 0 Å². The lowest BCUT2D eigenvalue weighted by molar-refractivity contribution is 1.12. The molecule has 0 heterocycles. The Bertz CT molecular complexity index is 52.7. The Morgan fingerprint density at radius 1 is 0.625 bits per heavy atom. The molecule has 0 radical (unpaired) electrons. The molecule has 0 aromatic heterocycles. The summed E-state index contributed by atoms with van der Waals surface area (Å²) in [6.45, 7) is 0. The van der Waals surface area contributed by atoms with Crippen LogP contribution in [0.4, 0.5) is 0 Å². The largest absolute Gasteiger partial charge is 0.0848 e. The highest BCUT2D eigenvalue weighted by Crippen LogP contribution is 2.29. The van der Waals surface area contributed by atoms with Gasteiger partial charge in [-0.1, -0.05) is 79.6 Å². The van der Waals surface area contributed by atoms with E-state index < -0.39 is 0 Å². The molecule has 0 saturated heterocycles. The maximum Gasteiger partial charge on any atom is 0.0841 e. The van der Waals surface area contributed by atoms with E-state index in [1.165, 1.54) is 0 Å². The lowest BCUT2D eigenvalue weighted by Gasteiger charge is -2.10. The minimum absolute atomic E-state index is 0.291. The first-order chi connectivity index (χ1) is 3.55. The van der Waals surface area contributed by atoms with Crippen molar-refractivity contribution in [1.29, 1.82) is 0 Å². The van der Waals surface area contributed by atoms with Crippen LogP contribution in [0.5, 0.6) is 0 Å². The molecule has 8 heavy (non-hydrogen) atoms. The summed E-state index contributed by atoms with van der Waals surface area (Å²) in [7, 11) is 0. The third kappa shape index (κ3) is 4.25. The topological polar surface area (TPSA) is 0 Å². The molecule has 0 aliphatic rings. The predicted octanol–water partition coefficient (Wildman–Crippen LogP) is 3.98. The molecule has 0 aliphatic heterocycles. The van der Waals surface area contributed by atoms with Crippen molar-refractivity contribution in [2.75, 3.05) is 0 Å². The monoisotopic (exact) mass is 434 g/mol. The van der Waals surface area contributed by atoms with E-state index >= 15 is 0 Å². The van der Waals surface area contributed by atoms with Gasteiger partial charge in [-0.3, -0.25) is 0 Å². The third-order valence-electron chi connectivity index (χ3n) is 0.481. The van der Waals surface area contributed by atoms with E-state index in [-0.39, 0.29) is 0 Å². The van der Waals surface area contributed by atoms with E-state index in [0.717, 1.165) is 0 Å². The molecule has 0 spiro atoms. The van der Waals surface area contributed by atoms with Crippen LogP contribution in [-0.4, -0.2) is 12.3 Å². The van der Waals surface area contributed by atoms with Gasteiger partial charge in [0, 0.05) is 0 Å². The Morgan fingerprint density at radius 2 is 0.875 bits per heavy atom. The molecule has 0 saturated carbocycles. The number of hydrogen-bond acceptors (Lipinski definition) is 0. The van der Waals surface area contributed by atoms with Crippen LogP contribution in [-0.2, 0) is 0 Å². The zero-order valence-corrected chi connectivity index (χ0v) is 11.6. The molecule has 0 aliphatic carbocycles. The molecule has 0 rings (SSSR count). The Kier molecular flexibility index (Phi) is 6.63. The lowest BCUT2D eigenvalue weighted by atomic mass is 10.6. The highest BCUT2D eigenvalue weighted by atomic mass is 79.9. The van der Waals surface area contributed by atoms with Crippen LogP contribution in [0, 0.1) is 0 Å². The normalized spacial score (nSPS) is 12.0. The molecule has 0 bridgehead atoms. The zero-order valence-electron chi connectivity index (χ0n) is 3.62. The van der Waals surface area contributed by atoms with Crippen LogP contribution < -0.4 is 0 Å². The fraction of sp³-hybridized carbons (Fsp3) is 1.00. The van der Waals surface area contributed by atoms with Gasteiger partial charge in [-0.2, -0.15) is 0 Å². The van der Waals surface area contributed by atoms with Gasteiger partial charge >= 0.3 is 0 Å². The van der Waals surface area contributed by atoms with Gasteiger partial charge in [-0.15, -0.1) is 0 Å². The first-order valence-corrected chi connectivity index (χ1v) is 6.34. The van der Waals surface area contributed by atoms with Crippen molar-refractivity contribution in [2.24, 2.45) is 0 Å². The van der Waals surface area contributed by atoms with Gasteiger partial charge in [0.05, 0.1) is 12.3 Å². The summed E-state index contributed by atoms with van der Waals surface area (Å²) in [5.41, 5.74) is 0. The quantitative estimate of drug-likeness (QED) is 0.572. The van der Waals surface area contributed by atoms with Crippen molar-refractivity contribution in [3.63, 3.8) is 0 Å². The average Bonchev–Trinajstić information content (AvgIpc) is 1.64. The summed E-state index contributed by atoms with van der Waals surface area (Å²) < 4.78 is 0.581. The summed E-state index contributed by atoms with van der Waals surface area (Å²) in [4.78, 5) is 0.350. The van der Waals surface area contributed by atoms with Gasteiger partial charge in [0.1, 0.15) is 0 Å². The van der Waals surface area contributed by atoms with Crippen molar-refractivity contribution >= 4 is 79.6 Å². The highest BCUT2D eigenvalue weighted by molar-refractivity contribution is 9.27. The van der Waals surface area contributed by atoms with E-state index in [9.17, 15) is 0 Å². The highest BCUT2D eigenvalue weighted by Gasteiger charge is 2.18. The lowest BCUT2D eigenvalue weighted by Crippen LogP contribution is -2.13. The van der Waals surface area contributed by atoms with Crippen molar-refractivity contribution in [2.45, 2.75) is 12.3 Å². The van der Waals surface area contributed by atoms with Crippen LogP contribution in [0.3, 0.4) is 0 Å². The molecular formula is C3H3Br5. The Balaban J connectivity index is 3.46.